The van der Waals surface area contributed by atoms with E-state index in [-0.39, 0.29) is 5.70 Å². The fraction of sp³-hybridized carbons (Fsp3) is 0.227. The third kappa shape index (κ3) is 3.55. The molecule has 1 saturated heterocycles. The van der Waals surface area contributed by atoms with E-state index in [1.165, 1.54) is 13.2 Å². The van der Waals surface area contributed by atoms with Crippen molar-refractivity contribution in [2.75, 3.05) is 12.4 Å². The van der Waals surface area contributed by atoms with Crippen molar-refractivity contribution >= 4 is 35.4 Å². The summed E-state index contributed by atoms with van der Waals surface area (Å²) in [6.45, 7) is 2.16. The van der Waals surface area contributed by atoms with Crippen molar-refractivity contribution in [3.8, 4) is 11.3 Å². The van der Waals surface area contributed by atoms with Gasteiger partial charge in [0.2, 0.25) is 0 Å². The number of aromatic nitrogens is 3. The van der Waals surface area contributed by atoms with Crippen molar-refractivity contribution in [2.45, 2.75) is 19.4 Å². The van der Waals surface area contributed by atoms with Crippen LogP contribution in [0.5, 0.6) is 0 Å². The third-order valence-electron chi connectivity index (χ3n) is 5.54. The summed E-state index contributed by atoms with van der Waals surface area (Å²) in [5.74, 6) is 0.350. The van der Waals surface area contributed by atoms with Crippen LogP contribution in [-0.4, -0.2) is 45.7 Å². The molecule has 10 heteroatoms. The average Bonchev–Trinajstić information content (AvgIpc) is 3.17. The molecule has 1 aliphatic carbocycles. The van der Waals surface area contributed by atoms with Crippen LogP contribution >= 0.6 is 0 Å². The van der Waals surface area contributed by atoms with Crippen LogP contribution in [0.1, 0.15) is 29.3 Å². The number of rotatable bonds is 5. The monoisotopic (exact) mass is 432 g/mol. The number of hydrogen-bond donors (Lipinski definition) is 3. The Kier molecular flexibility index (Phi) is 4.62. The van der Waals surface area contributed by atoms with E-state index in [0.29, 0.717) is 34.4 Å². The second kappa shape index (κ2) is 7.49. The first kappa shape index (κ1) is 19.7. The van der Waals surface area contributed by atoms with Gasteiger partial charge in [0.05, 0.1) is 24.6 Å². The van der Waals surface area contributed by atoms with Crippen LogP contribution in [0.15, 0.2) is 42.2 Å². The standard InChI is InChI=1S/C22H20N6O4/c1-11-6-15(11)24-18-9-16(12-4-3-5-13(7-12)21(30)32-2)25-19-14(10-23-28(18)19)8-17-20(29)27-22(31)26-17/h3-5,7-11,15,24H,6H2,1-2H3,(H2,26,27,29,31)/b17-8-/t11-,15?/m0/s1. The molecule has 1 saturated carbocycles. The van der Waals surface area contributed by atoms with Gasteiger partial charge >= 0.3 is 12.0 Å². The lowest BCUT2D eigenvalue weighted by molar-refractivity contribution is -0.115. The molecule has 2 aromatic heterocycles. The molecule has 2 aliphatic rings. The predicted molar refractivity (Wildman–Crippen MR) is 116 cm³/mol. The van der Waals surface area contributed by atoms with E-state index in [9.17, 15) is 14.4 Å². The number of methoxy groups -OCH3 is 1. The van der Waals surface area contributed by atoms with Gasteiger partial charge in [0.25, 0.3) is 5.91 Å². The number of benzene rings is 1. The highest BCUT2D eigenvalue weighted by atomic mass is 16.5. The van der Waals surface area contributed by atoms with Gasteiger partial charge in [-0.05, 0) is 30.5 Å². The van der Waals surface area contributed by atoms with Crippen molar-refractivity contribution in [1.82, 2.24) is 25.2 Å². The van der Waals surface area contributed by atoms with E-state index in [4.69, 9.17) is 9.72 Å². The number of imide groups is 1. The van der Waals surface area contributed by atoms with Crippen molar-refractivity contribution in [3.63, 3.8) is 0 Å². The number of nitrogens with one attached hydrogen (secondary N) is 3. The summed E-state index contributed by atoms with van der Waals surface area (Å²) in [5, 5.41) is 12.6. The van der Waals surface area contributed by atoms with Gasteiger partial charge in [-0.25, -0.2) is 14.6 Å². The Morgan fingerprint density at radius 3 is 2.78 bits per heavy atom. The number of anilines is 1. The number of hydrogen-bond acceptors (Lipinski definition) is 7. The third-order valence-corrected chi connectivity index (χ3v) is 5.54. The zero-order valence-electron chi connectivity index (χ0n) is 17.4. The van der Waals surface area contributed by atoms with Gasteiger partial charge < -0.3 is 15.4 Å². The normalized spacial score (nSPS) is 20.9. The van der Waals surface area contributed by atoms with E-state index < -0.39 is 17.9 Å². The van der Waals surface area contributed by atoms with Crippen LogP contribution in [0, 0.1) is 5.92 Å². The number of esters is 1. The number of fused-ring (bicyclic) bond motifs is 1. The average molecular weight is 432 g/mol. The lowest BCUT2D eigenvalue weighted by atomic mass is 10.1. The molecule has 162 valence electrons. The Morgan fingerprint density at radius 2 is 2.09 bits per heavy atom. The van der Waals surface area contributed by atoms with E-state index in [0.717, 1.165) is 17.8 Å². The van der Waals surface area contributed by atoms with Gasteiger partial charge in [0.15, 0.2) is 5.65 Å². The zero-order chi connectivity index (χ0) is 22.4. The number of amides is 3. The maximum atomic E-state index is 12.0. The van der Waals surface area contributed by atoms with Crippen molar-refractivity contribution in [2.24, 2.45) is 5.92 Å². The predicted octanol–water partition coefficient (Wildman–Crippen LogP) is 2.18. The molecule has 1 aliphatic heterocycles. The number of carbonyl (C=O) groups is 3. The van der Waals surface area contributed by atoms with E-state index in [1.807, 2.05) is 12.1 Å². The molecule has 1 aromatic carbocycles. The molecule has 32 heavy (non-hydrogen) atoms. The Labute approximate surface area is 182 Å². The summed E-state index contributed by atoms with van der Waals surface area (Å²) in [6.07, 6.45) is 4.18. The van der Waals surface area contributed by atoms with Crippen LogP contribution in [0.3, 0.4) is 0 Å². The largest absolute Gasteiger partial charge is 0.465 e. The summed E-state index contributed by atoms with van der Waals surface area (Å²) in [7, 11) is 1.34. The van der Waals surface area contributed by atoms with Crippen molar-refractivity contribution in [1.29, 1.82) is 0 Å². The highest BCUT2D eigenvalue weighted by Gasteiger charge is 2.33. The number of carbonyl (C=O) groups excluding carboxylic acids is 3. The second-order valence-corrected chi connectivity index (χ2v) is 7.86. The van der Waals surface area contributed by atoms with E-state index >= 15 is 0 Å². The van der Waals surface area contributed by atoms with Crippen LogP contribution in [-0.2, 0) is 9.53 Å². The van der Waals surface area contributed by atoms with Gasteiger partial charge in [-0.1, -0.05) is 19.1 Å². The molecule has 3 amide bonds. The molecule has 2 fully saturated rings. The van der Waals surface area contributed by atoms with Gasteiger partial charge in [-0.3, -0.25) is 10.1 Å². The Bertz CT molecular complexity index is 1310. The maximum absolute atomic E-state index is 12.0. The molecule has 3 heterocycles. The Balaban J connectivity index is 1.63. The molecule has 0 radical (unpaired) electrons. The topological polar surface area (TPSA) is 127 Å². The zero-order valence-corrected chi connectivity index (χ0v) is 17.4. The summed E-state index contributed by atoms with van der Waals surface area (Å²) in [6, 6.07) is 8.65. The summed E-state index contributed by atoms with van der Waals surface area (Å²) < 4.78 is 6.49. The molecule has 3 aromatic rings. The summed E-state index contributed by atoms with van der Waals surface area (Å²) in [4.78, 5) is 40.1. The van der Waals surface area contributed by atoms with E-state index in [2.05, 4.69) is 28.0 Å². The highest BCUT2D eigenvalue weighted by Crippen LogP contribution is 2.34. The first-order chi connectivity index (χ1) is 15.4. The lowest BCUT2D eigenvalue weighted by Gasteiger charge is -2.11. The van der Waals surface area contributed by atoms with Gasteiger partial charge in [-0.2, -0.15) is 9.61 Å². The van der Waals surface area contributed by atoms with Crippen molar-refractivity contribution < 1.29 is 19.1 Å². The van der Waals surface area contributed by atoms with Crippen LogP contribution in [0.4, 0.5) is 10.6 Å². The van der Waals surface area contributed by atoms with Gasteiger partial charge in [-0.15, -0.1) is 0 Å². The molecule has 3 N–H and O–H groups in total. The molecule has 0 bridgehead atoms. The fourth-order valence-corrected chi connectivity index (χ4v) is 3.61. The van der Waals surface area contributed by atoms with Crippen LogP contribution in [0.25, 0.3) is 23.0 Å². The maximum Gasteiger partial charge on any atom is 0.337 e. The van der Waals surface area contributed by atoms with E-state index in [1.54, 1.807) is 28.9 Å². The second-order valence-electron chi connectivity index (χ2n) is 7.86. The highest BCUT2D eigenvalue weighted by molar-refractivity contribution is 6.14. The molecule has 5 rings (SSSR count). The van der Waals surface area contributed by atoms with Gasteiger partial charge in [0.1, 0.15) is 11.5 Å². The quantitative estimate of drug-likeness (QED) is 0.320. The van der Waals surface area contributed by atoms with Crippen LogP contribution in [0.2, 0.25) is 0 Å². The first-order valence-corrected chi connectivity index (χ1v) is 10.1. The van der Waals surface area contributed by atoms with Crippen molar-refractivity contribution in [3.05, 3.63) is 53.4 Å². The molecule has 1 unspecified atom stereocenters. The number of nitrogens with zero attached hydrogens (tertiary/aromatic N) is 3. The fourth-order valence-electron chi connectivity index (χ4n) is 3.61. The molecule has 2 atom stereocenters. The minimum absolute atomic E-state index is 0.120. The molecule has 0 spiro atoms. The van der Waals surface area contributed by atoms with Gasteiger partial charge in [0, 0.05) is 23.2 Å². The Hall–Kier alpha value is -4.21. The SMILES string of the molecule is COC(=O)c1cccc(-c2cc(NC3C[C@@H]3C)n3ncc(/C=C4\NC(=O)NC4=O)c3n2)c1. The summed E-state index contributed by atoms with van der Waals surface area (Å²) >= 11 is 0. The molecular formula is C22H20N6O4. The minimum Gasteiger partial charge on any atom is -0.465 e. The number of urea groups is 1. The number of ether oxygens (including phenoxy) is 1. The summed E-state index contributed by atoms with van der Waals surface area (Å²) in [5.41, 5.74) is 2.96. The molecule has 10 nitrogen and oxygen atoms in total. The first-order valence-electron chi connectivity index (χ1n) is 10.1. The minimum atomic E-state index is -0.573. The lowest BCUT2D eigenvalue weighted by Crippen LogP contribution is -2.22. The Morgan fingerprint density at radius 1 is 1.28 bits per heavy atom. The van der Waals surface area contributed by atoms with Crippen LogP contribution < -0.4 is 16.0 Å². The molecular weight excluding hydrogens is 412 g/mol. The smallest absolute Gasteiger partial charge is 0.337 e.